The standard InChI is InChI=1S/C15H16ClIN2OS/c1-15(2,3)13-12(17)14(20)19-11(18-13)8-21-10-7-5-4-6-9(10)16/h4-7H,8H2,1-3H3,(H,18,19,20). The molecular weight excluding hydrogens is 419 g/mol. The van der Waals surface area contributed by atoms with Crippen LogP contribution in [0, 0.1) is 3.57 Å². The van der Waals surface area contributed by atoms with Crippen LogP contribution in [0.2, 0.25) is 5.02 Å². The third-order valence-corrected chi connectivity index (χ3v) is 5.35. The van der Waals surface area contributed by atoms with Gasteiger partial charge in [0.1, 0.15) is 9.39 Å². The van der Waals surface area contributed by atoms with Gasteiger partial charge in [0.2, 0.25) is 0 Å². The number of aromatic nitrogens is 2. The number of aromatic amines is 1. The Morgan fingerprint density at radius 1 is 1.33 bits per heavy atom. The van der Waals surface area contributed by atoms with Gasteiger partial charge in [0.25, 0.3) is 5.56 Å². The fourth-order valence-electron chi connectivity index (χ4n) is 1.78. The second kappa shape index (κ2) is 6.71. The van der Waals surface area contributed by atoms with Gasteiger partial charge < -0.3 is 4.98 Å². The summed E-state index contributed by atoms with van der Waals surface area (Å²) in [7, 11) is 0. The molecule has 1 aromatic heterocycles. The molecule has 3 nitrogen and oxygen atoms in total. The number of hydrogen-bond acceptors (Lipinski definition) is 3. The van der Waals surface area contributed by atoms with Crippen LogP contribution in [0.25, 0.3) is 0 Å². The maximum Gasteiger partial charge on any atom is 0.264 e. The summed E-state index contributed by atoms with van der Waals surface area (Å²) in [4.78, 5) is 20.5. The average Bonchev–Trinajstić information content (AvgIpc) is 2.40. The van der Waals surface area contributed by atoms with Crippen LogP contribution in [-0.4, -0.2) is 9.97 Å². The largest absolute Gasteiger partial charge is 0.309 e. The van der Waals surface area contributed by atoms with E-state index in [2.05, 4.69) is 53.3 Å². The number of halogens is 2. The van der Waals surface area contributed by atoms with E-state index < -0.39 is 0 Å². The highest BCUT2D eigenvalue weighted by Gasteiger charge is 2.21. The number of benzene rings is 1. The number of hydrogen-bond donors (Lipinski definition) is 1. The molecule has 0 saturated heterocycles. The van der Waals surface area contributed by atoms with Crippen molar-refractivity contribution in [3.05, 3.63) is 54.7 Å². The average molecular weight is 435 g/mol. The monoisotopic (exact) mass is 434 g/mol. The van der Waals surface area contributed by atoms with Crippen molar-refractivity contribution in [2.24, 2.45) is 0 Å². The highest BCUT2D eigenvalue weighted by molar-refractivity contribution is 14.1. The molecule has 6 heteroatoms. The molecule has 0 fully saturated rings. The highest BCUT2D eigenvalue weighted by atomic mass is 127. The Morgan fingerprint density at radius 2 is 2.00 bits per heavy atom. The fraction of sp³-hybridized carbons (Fsp3) is 0.333. The number of rotatable bonds is 3. The molecule has 0 radical (unpaired) electrons. The predicted molar refractivity (Wildman–Crippen MR) is 97.3 cm³/mol. The minimum absolute atomic E-state index is 0.0784. The number of nitrogens with one attached hydrogen (secondary N) is 1. The summed E-state index contributed by atoms with van der Waals surface area (Å²) in [6.45, 7) is 6.17. The summed E-state index contributed by atoms with van der Waals surface area (Å²) in [5.74, 6) is 1.26. The lowest BCUT2D eigenvalue weighted by Crippen LogP contribution is -2.25. The Hall–Kier alpha value is -0.530. The van der Waals surface area contributed by atoms with Gasteiger partial charge in [0.15, 0.2) is 0 Å². The summed E-state index contributed by atoms with van der Waals surface area (Å²) < 4.78 is 0.659. The van der Waals surface area contributed by atoms with E-state index in [1.807, 2.05) is 24.3 Å². The van der Waals surface area contributed by atoms with Crippen molar-refractivity contribution in [2.45, 2.75) is 36.8 Å². The Kier molecular flexibility index (Phi) is 5.38. The number of thioether (sulfide) groups is 1. The quantitative estimate of drug-likeness (QED) is 0.566. The van der Waals surface area contributed by atoms with Crippen molar-refractivity contribution < 1.29 is 0 Å². The first kappa shape index (κ1) is 16.8. The highest BCUT2D eigenvalue weighted by Crippen LogP contribution is 2.29. The molecule has 2 aromatic rings. The van der Waals surface area contributed by atoms with Gasteiger partial charge in [-0.3, -0.25) is 4.79 Å². The lowest BCUT2D eigenvalue weighted by atomic mass is 9.92. The van der Waals surface area contributed by atoms with Gasteiger partial charge >= 0.3 is 0 Å². The van der Waals surface area contributed by atoms with Gasteiger partial charge in [-0.05, 0) is 34.7 Å². The molecule has 0 bridgehead atoms. The van der Waals surface area contributed by atoms with Crippen LogP contribution in [0.1, 0.15) is 32.3 Å². The van der Waals surface area contributed by atoms with Gasteiger partial charge in [-0.25, -0.2) is 4.98 Å². The van der Waals surface area contributed by atoms with Crippen LogP contribution in [0.5, 0.6) is 0 Å². The molecule has 0 saturated carbocycles. The summed E-state index contributed by atoms with van der Waals surface area (Å²) in [6.07, 6.45) is 0. The molecule has 0 atom stereocenters. The van der Waals surface area contributed by atoms with Gasteiger partial charge in [-0.2, -0.15) is 0 Å². The van der Waals surface area contributed by atoms with Crippen LogP contribution in [0.15, 0.2) is 34.0 Å². The fourth-order valence-corrected chi connectivity index (χ4v) is 3.95. The van der Waals surface area contributed by atoms with Crippen molar-refractivity contribution in [3.63, 3.8) is 0 Å². The van der Waals surface area contributed by atoms with Gasteiger partial charge in [-0.1, -0.05) is 44.5 Å². The minimum Gasteiger partial charge on any atom is -0.309 e. The third-order valence-electron chi connectivity index (χ3n) is 2.82. The second-order valence-electron chi connectivity index (χ2n) is 5.64. The van der Waals surface area contributed by atoms with Crippen LogP contribution < -0.4 is 5.56 Å². The minimum atomic E-state index is -0.158. The summed E-state index contributed by atoms with van der Waals surface area (Å²) >= 11 is 9.76. The van der Waals surface area contributed by atoms with Crippen molar-refractivity contribution in [1.29, 1.82) is 0 Å². The molecule has 0 spiro atoms. The molecule has 1 heterocycles. The van der Waals surface area contributed by atoms with E-state index in [4.69, 9.17) is 11.6 Å². The molecule has 0 aliphatic rings. The Balaban J connectivity index is 2.28. The van der Waals surface area contributed by atoms with E-state index in [0.717, 1.165) is 10.6 Å². The molecule has 0 unspecified atom stereocenters. The normalized spacial score (nSPS) is 11.7. The molecular formula is C15H16ClIN2OS. The number of nitrogens with zero attached hydrogens (tertiary/aromatic N) is 1. The molecule has 0 aliphatic carbocycles. The zero-order chi connectivity index (χ0) is 15.6. The maximum atomic E-state index is 12.0. The first-order valence-corrected chi connectivity index (χ1v) is 8.90. The SMILES string of the molecule is CC(C)(C)c1nc(CSc2ccccc2Cl)[nH]c(=O)c1I. The molecule has 0 amide bonds. The lowest BCUT2D eigenvalue weighted by molar-refractivity contribution is 0.557. The van der Waals surface area contributed by atoms with Gasteiger partial charge in [0.05, 0.1) is 16.5 Å². The molecule has 0 aliphatic heterocycles. The van der Waals surface area contributed by atoms with Gasteiger partial charge in [0, 0.05) is 10.3 Å². The van der Waals surface area contributed by atoms with Crippen LogP contribution in [0.3, 0.4) is 0 Å². The molecule has 1 N–H and O–H groups in total. The zero-order valence-electron chi connectivity index (χ0n) is 12.0. The van der Waals surface area contributed by atoms with Crippen LogP contribution >= 0.6 is 46.0 Å². The van der Waals surface area contributed by atoms with E-state index in [0.29, 0.717) is 20.2 Å². The van der Waals surface area contributed by atoms with E-state index in [1.165, 1.54) is 0 Å². The Morgan fingerprint density at radius 3 is 2.62 bits per heavy atom. The van der Waals surface area contributed by atoms with Crippen molar-refractivity contribution in [1.82, 2.24) is 9.97 Å². The van der Waals surface area contributed by atoms with Crippen LogP contribution in [-0.2, 0) is 11.2 Å². The lowest BCUT2D eigenvalue weighted by Gasteiger charge is -2.19. The molecule has 112 valence electrons. The maximum absolute atomic E-state index is 12.0. The molecule has 1 aromatic carbocycles. The zero-order valence-corrected chi connectivity index (χ0v) is 15.8. The van der Waals surface area contributed by atoms with Crippen molar-refractivity contribution >= 4 is 46.0 Å². The summed E-state index contributed by atoms with van der Waals surface area (Å²) in [5, 5.41) is 0.714. The van der Waals surface area contributed by atoms with E-state index >= 15 is 0 Å². The number of H-pyrrole nitrogens is 1. The Bertz CT molecular complexity index is 710. The van der Waals surface area contributed by atoms with Crippen LogP contribution in [0.4, 0.5) is 0 Å². The summed E-state index contributed by atoms with van der Waals surface area (Å²) in [6, 6.07) is 7.66. The first-order valence-electron chi connectivity index (χ1n) is 6.45. The van der Waals surface area contributed by atoms with Crippen molar-refractivity contribution in [3.8, 4) is 0 Å². The smallest absolute Gasteiger partial charge is 0.264 e. The van der Waals surface area contributed by atoms with Crippen molar-refractivity contribution in [2.75, 3.05) is 0 Å². The second-order valence-corrected chi connectivity index (χ2v) is 8.15. The Labute approximate surface area is 147 Å². The molecule has 21 heavy (non-hydrogen) atoms. The first-order chi connectivity index (χ1) is 9.79. The van der Waals surface area contributed by atoms with Gasteiger partial charge in [-0.15, -0.1) is 11.8 Å². The topological polar surface area (TPSA) is 45.8 Å². The third kappa shape index (κ3) is 4.23. The molecule has 2 rings (SSSR count). The predicted octanol–water partition coefficient (Wildman–Crippen LogP) is 4.62. The summed E-state index contributed by atoms with van der Waals surface area (Å²) in [5.41, 5.74) is 0.598. The van der Waals surface area contributed by atoms with E-state index in [-0.39, 0.29) is 11.0 Å². The van der Waals surface area contributed by atoms with E-state index in [1.54, 1.807) is 11.8 Å². The van der Waals surface area contributed by atoms with E-state index in [9.17, 15) is 4.79 Å².